The minimum absolute atomic E-state index is 0.0209. The fourth-order valence-corrected chi connectivity index (χ4v) is 19.7. The second kappa shape index (κ2) is 25.5. The summed E-state index contributed by atoms with van der Waals surface area (Å²) in [7, 11) is 0. The van der Waals surface area contributed by atoms with Crippen LogP contribution in [0.2, 0.25) is 0 Å². The summed E-state index contributed by atoms with van der Waals surface area (Å²) >= 11 is 0. The second-order valence-corrected chi connectivity index (χ2v) is 34.7. The molecule has 2 aliphatic heterocycles. The minimum atomic E-state index is -0.604. The molecule has 4 heteroatoms. The smallest absolute Gasteiger partial charge is 0.252 e. The maximum Gasteiger partial charge on any atom is 0.252 e. The van der Waals surface area contributed by atoms with Gasteiger partial charge in [0.05, 0.1) is 33.5 Å². The van der Waals surface area contributed by atoms with E-state index in [0.29, 0.717) is 0 Å². The van der Waals surface area contributed by atoms with Gasteiger partial charge in [0.1, 0.15) is 0 Å². The highest BCUT2D eigenvalue weighted by Crippen LogP contribution is 2.65. The molecule has 3 heterocycles. The van der Waals surface area contributed by atoms with E-state index in [9.17, 15) is 0 Å². The zero-order valence-corrected chi connectivity index (χ0v) is 65.5. The summed E-state index contributed by atoms with van der Waals surface area (Å²) < 4.78 is 2.61. The Morgan fingerprint density at radius 3 is 1.07 bits per heavy atom. The summed E-state index contributed by atoms with van der Waals surface area (Å²) in [6, 6.07) is 138. The van der Waals surface area contributed by atoms with Gasteiger partial charge >= 0.3 is 0 Å². The normalized spacial score (nSPS) is 13.5. The molecule has 1 aromatic heterocycles. The lowest BCUT2D eigenvalue weighted by atomic mass is 9.33. The highest BCUT2D eigenvalue weighted by Gasteiger charge is 2.53. The first-order chi connectivity index (χ1) is 55.0. The molecule has 0 unspecified atom stereocenters. The van der Waals surface area contributed by atoms with E-state index in [-0.39, 0.29) is 23.0 Å². The number of aromatic nitrogens is 1. The molecular weight excluding hydrogens is 1360 g/mol. The molecule has 0 N–H and O–H groups in total. The molecule has 0 amide bonds. The van der Waals surface area contributed by atoms with Gasteiger partial charge in [0, 0.05) is 55.8 Å². The number of hydrogen-bond donors (Lipinski definition) is 0. The number of anilines is 6. The van der Waals surface area contributed by atoms with E-state index < -0.39 is 5.41 Å². The Kier molecular flexibility index (Phi) is 15.4. The Balaban J connectivity index is 0.947. The molecule has 0 fully saturated rings. The lowest BCUT2D eigenvalue weighted by Gasteiger charge is -2.46. The number of rotatable bonds is 9. The molecule has 0 saturated carbocycles. The number of hydrogen-bond acceptors (Lipinski definition) is 2. The molecular formula is C109H86BN3. The first kappa shape index (κ1) is 68.0. The average Bonchev–Trinajstić information content (AvgIpc) is 1.68. The molecule has 113 heavy (non-hydrogen) atoms. The first-order valence-electron chi connectivity index (χ1n) is 40.2. The SMILES string of the molecule is CC(C)(C)c1ccc(-c2ccc3c(c2)B2c4ccc(-c5cccc6c5C5(c7ccccc7-c7ccccc75)c5ccccc5-6)cc4N(c4c(-c5ccccc5)cccc4-c4ccccc4)c4cc(-n5c6ccc(C(C)(C)C)cc6c6cc(C(C)(C)C)ccc65)cc(c42)N3c2c(-c3ccccc3)cccc2-c2ccccc2)cc1. The summed E-state index contributed by atoms with van der Waals surface area (Å²) in [6.45, 7) is 20.7. The van der Waals surface area contributed by atoms with Crippen LogP contribution in [0.3, 0.4) is 0 Å². The van der Waals surface area contributed by atoms with E-state index in [1.165, 1.54) is 105 Å². The molecule has 1 spiro atoms. The van der Waals surface area contributed by atoms with Gasteiger partial charge in [-0.25, -0.2) is 0 Å². The monoisotopic (exact) mass is 1450 g/mol. The molecule has 21 rings (SSSR count). The molecule has 2 aliphatic carbocycles. The van der Waals surface area contributed by atoms with E-state index in [0.717, 1.165) is 101 Å². The Hall–Kier alpha value is -13.0. The van der Waals surface area contributed by atoms with Gasteiger partial charge in [0.15, 0.2) is 0 Å². The molecule has 540 valence electrons. The van der Waals surface area contributed by atoms with Crippen molar-refractivity contribution < 1.29 is 0 Å². The van der Waals surface area contributed by atoms with E-state index in [1.807, 2.05) is 0 Å². The predicted molar refractivity (Wildman–Crippen MR) is 480 cm³/mol. The Labute approximate surface area is 664 Å². The molecule has 0 saturated heterocycles. The predicted octanol–water partition coefficient (Wildman–Crippen LogP) is 27.1. The topological polar surface area (TPSA) is 11.4 Å². The number of fused-ring (bicyclic) bond motifs is 17. The Bertz CT molecular complexity index is 6470. The van der Waals surface area contributed by atoms with Crippen LogP contribution in [0.25, 0.3) is 117 Å². The third-order valence-corrected chi connectivity index (χ3v) is 25.1. The van der Waals surface area contributed by atoms with Gasteiger partial charge in [-0.05, 0) is 187 Å². The van der Waals surface area contributed by atoms with E-state index in [4.69, 9.17) is 0 Å². The summed E-state index contributed by atoms with van der Waals surface area (Å²) in [5, 5.41) is 2.48. The molecule has 0 atom stereocenters. The minimum Gasteiger partial charge on any atom is -0.310 e. The van der Waals surface area contributed by atoms with Crippen LogP contribution >= 0.6 is 0 Å². The summed E-state index contributed by atoms with van der Waals surface area (Å²) in [6.07, 6.45) is 0. The first-order valence-corrected chi connectivity index (χ1v) is 40.2. The maximum atomic E-state index is 2.75. The lowest BCUT2D eigenvalue weighted by Crippen LogP contribution is -2.61. The van der Waals surface area contributed by atoms with Crippen molar-refractivity contribution in [2.45, 2.75) is 84.0 Å². The largest absolute Gasteiger partial charge is 0.310 e. The quantitative estimate of drug-likeness (QED) is 0.133. The number of para-hydroxylation sites is 2. The fourth-order valence-electron chi connectivity index (χ4n) is 19.7. The van der Waals surface area contributed by atoms with Crippen LogP contribution in [0, 0.1) is 0 Å². The van der Waals surface area contributed by atoms with Crippen LogP contribution in [0.15, 0.2) is 358 Å². The Morgan fingerprint density at radius 2 is 0.619 bits per heavy atom. The molecule has 17 aromatic rings. The van der Waals surface area contributed by atoms with Crippen LogP contribution in [-0.2, 0) is 21.7 Å². The Morgan fingerprint density at radius 1 is 0.248 bits per heavy atom. The third-order valence-electron chi connectivity index (χ3n) is 25.1. The second-order valence-electron chi connectivity index (χ2n) is 34.7. The molecule has 3 nitrogen and oxygen atoms in total. The van der Waals surface area contributed by atoms with Crippen molar-refractivity contribution >= 4 is 79.0 Å². The average molecular weight is 1450 g/mol. The highest BCUT2D eigenvalue weighted by molar-refractivity contribution is 7.00. The van der Waals surface area contributed by atoms with Crippen LogP contribution < -0.4 is 26.2 Å². The van der Waals surface area contributed by atoms with E-state index in [2.05, 4.69) is 435 Å². The lowest BCUT2D eigenvalue weighted by molar-refractivity contribution is 0.590. The van der Waals surface area contributed by atoms with Gasteiger partial charge < -0.3 is 14.4 Å². The van der Waals surface area contributed by atoms with Gasteiger partial charge in [-0.2, -0.15) is 0 Å². The number of nitrogens with zero attached hydrogens (tertiary/aromatic N) is 3. The van der Waals surface area contributed by atoms with Gasteiger partial charge in [-0.1, -0.05) is 372 Å². The van der Waals surface area contributed by atoms with Crippen LogP contribution in [0.5, 0.6) is 0 Å². The van der Waals surface area contributed by atoms with Gasteiger partial charge in [-0.15, -0.1) is 0 Å². The van der Waals surface area contributed by atoms with Crippen LogP contribution in [-0.4, -0.2) is 11.3 Å². The van der Waals surface area contributed by atoms with Crippen molar-refractivity contribution in [2.24, 2.45) is 0 Å². The van der Waals surface area contributed by atoms with Gasteiger partial charge in [-0.3, -0.25) is 0 Å². The van der Waals surface area contributed by atoms with Crippen molar-refractivity contribution in [3.8, 4) is 94.7 Å². The van der Waals surface area contributed by atoms with E-state index >= 15 is 0 Å². The van der Waals surface area contributed by atoms with E-state index in [1.54, 1.807) is 0 Å². The van der Waals surface area contributed by atoms with Gasteiger partial charge in [0.25, 0.3) is 6.71 Å². The standard InChI is InChI=1S/C109H86BN3/c1-106(2,3)76-55-51-69(52-56-76)74-54-60-98-95(63-74)110-94-59-53-75(80-42-28-47-88-87-41-24-27-50-93(87)109(102(80)88)91-48-25-22-39-85(91)86-40-23-26-49-92(86)109)64-99(94)113(105-83(72-35-18-12-19-36-72)45-30-46-84(105)73-37-20-13-21-38-73)101-68-79(111-96-61-57-77(107(4,5)6)65-89(96)90-66-78(108(7,8)9)58-62-97(90)111)67-100(103(101)110)112(98)104-81(70-31-14-10-15-32-70)43-29-44-82(104)71-33-16-11-17-34-71/h10-68H,1-9H3. The van der Waals surface area contributed by atoms with Crippen molar-refractivity contribution in [1.82, 2.24) is 4.57 Å². The maximum absolute atomic E-state index is 2.75. The van der Waals surface area contributed by atoms with Crippen molar-refractivity contribution in [2.75, 3.05) is 9.80 Å². The summed E-state index contributed by atoms with van der Waals surface area (Å²) in [5.41, 5.74) is 41.0. The fraction of sp³-hybridized carbons (Fsp3) is 0.119. The molecule has 0 bridgehead atoms. The highest BCUT2D eigenvalue weighted by atomic mass is 15.2. The van der Waals surface area contributed by atoms with Crippen LogP contribution in [0.1, 0.15) is 101 Å². The van der Waals surface area contributed by atoms with Crippen molar-refractivity contribution in [1.29, 1.82) is 0 Å². The molecule has 4 aliphatic rings. The molecule has 0 radical (unpaired) electrons. The zero-order chi connectivity index (χ0) is 76.4. The summed E-state index contributed by atoms with van der Waals surface area (Å²) in [4.78, 5) is 5.45. The van der Waals surface area contributed by atoms with Gasteiger partial charge in [0.2, 0.25) is 0 Å². The van der Waals surface area contributed by atoms with Crippen molar-refractivity contribution in [3.05, 3.63) is 397 Å². The number of benzene rings is 16. The summed E-state index contributed by atoms with van der Waals surface area (Å²) in [5.74, 6) is 0. The third kappa shape index (κ3) is 10.5. The van der Waals surface area contributed by atoms with Crippen LogP contribution in [0.4, 0.5) is 34.1 Å². The molecule has 16 aromatic carbocycles. The van der Waals surface area contributed by atoms with Crippen molar-refractivity contribution in [3.63, 3.8) is 0 Å². The zero-order valence-electron chi connectivity index (χ0n) is 65.5.